The van der Waals surface area contributed by atoms with Crippen molar-refractivity contribution in [1.29, 1.82) is 0 Å². The standard InChI is InChI=1S/C24H15F9N2O6/c1-39-19-10-12(6-8-18(19)40-17-9-7-13(22(26,27)28)11-15(17)35(37)38)20(36)34-14-4-2-3-5-16(14)41-24(32,33)21(25)23(29,30)31/h2-11,21H,1H3,(H,34,36). The van der Waals surface area contributed by atoms with Crippen LogP contribution >= 0.6 is 0 Å². The Bertz CT molecular complexity index is 1440. The molecule has 0 heterocycles. The lowest BCUT2D eigenvalue weighted by molar-refractivity contribution is -0.385. The summed E-state index contributed by atoms with van der Waals surface area (Å²) in [5, 5.41) is 13.4. The highest BCUT2D eigenvalue weighted by Gasteiger charge is 2.59. The zero-order valence-corrected chi connectivity index (χ0v) is 20.1. The first-order valence-electron chi connectivity index (χ1n) is 10.8. The number of nitro benzene ring substituents is 1. The minimum atomic E-state index is -5.94. The Morgan fingerprint density at radius 3 is 2.10 bits per heavy atom. The maximum Gasteiger partial charge on any atom is 0.439 e. The van der Waals surface area contributed by atoms with E-state index in [1.807, 2.05) is 0 Å². The van der Waals surface area contributed by atoms with Gasteiger partial charge in [0, 0.05) is 11.6 Å². The van der Waals surface area contributed by atoms with E-state index >= 15 is 0 Å². The highest BCUT2D eigenvalue weighted by atomic mass is 19.4. The molecule has 41 heavy (non-hydrogen) atoms. The Morgan fingerprint density at radius 1 is 0.878 bits per heavy atom. The first kappa shape index (κ1) is 30.8. The van der Waals surface area contributed by atoms with Crippen LogP contribution in [0.2, 0.25) is 0 Å². The number of nitrogens with zero attached hydrogens (tertiary/aromatic N) is 1. The van der Waals surface area contributed by atoms with Crippen LogP contribution in [0.15, 0.2) is 60.7 Å². The predicted molar refractivity (Wildman–Crippen MR) is 122 cm³/mol. The number of carbonyl (C=O) groups excluding carboxylic acids is 1. The van der Waals surface area contributed by atoms with E-state index in [9.17, 15) is 54.4 Å². The van der Waals surface area contributed by atoms with E-state index in [4.69, 9.17) is 9.47 Å². The zero-order chi connectivity index (χ0) is 30.8. The van der Waals surface area contributed by atoms with Crippen LogP contribution in [0, 0.1) is 10.1 Å². The number of rotatable bonds is 9. The first-order valence-corrected chi connectivity index (χ1v) is 10.8. The fraction of sp³-hybridized carbons (Fsp3) is 0.208. The fourth-order valence-electron chi connectivity index (χ4n) is 3.18. The van der Waals surface area contributed by atoms with Gasteiger partial charge in [-0.15, -0.1) is 0 Å². The lowest BCUT2D eigenvalue weighted by atomic mass is 10.1. The topological polar surface area (TPSA) is 99.9 Å². The molecule has 8 nitrogen and oxygen atoms in total. The van der Waals surface area contributed by atoms with E-state index in [-0.39, 0.29) is 23.1 Å². The minimum absolute atomic E-state index is 0.256. The summed E-state index contributed by atoms with van der Waals surface area (Å²) in [5.74, 6) is -3.19. The molecule has 0 saturated heterocycles. The molecule has 17 heteroatoms. The van der Waals surface area contributed by atoms with E-state index in [1.165, 1.54) is 6.07 Å². The number of hydrogen-bond acceptors (Lipinski definition) is 6. The van der Waals surface area contributed by atoms with Crippen molar-refractivity contribution in [1.82, 2.24) is 0 Å². The number of para-hydroxylation sites is 2. The maximum atomic E-state index is 13.8. The number of anilines is 1. The number of methoxy groups -OCH3 is 1. The molecule has 0 saturated carbocycles. The number of amides is 1. The molecule has 3 aromatic carbocycles. The van der Waals surface area contributed by atoms with Crippen LogP contribution in [0.5, 0.6) is 23.0 Å². The number of ether oxygens (including phenoxy) is 3. The number of benzene rings is 3. The smallest absolute Gasteiger partial charge is 0.439 e. The Balaban J connectivity index is 1.86. The molecule has 0 aromatic heterocycles. The number of nitro groups is 1. The van der Waals surface area contributed by atoms with Crippen LogP contribution in [0.25, 0.3) is 0 Å². The van der Waals surface area contributed by atoms with Crippen LogP contribution in [-0.2, 0) is 6.18 Å². The zero-order valence-electron chi connectivity index (χ0n) is 20.1. The fourth-order valence-corrected chi connectivity index (χ4v) is 3.18. The average molecular weight is 598 g/mol. The Labute approximate surface area is 223 Å². The molecule has 0 spiro atoms. The van der Waals surface area contributed by atoms with Gasteiger partial charge in [0.2, 0.25) is 5.75 Å². The molecule has 1 amide bonds. The van der Waals surface area contributed by atoms with Gasteiger partial charge in [-0.1, -0.05) is 12.1 Å². The summed E-state index contributed by atoms with van der Waals surface area (Å²) in [6, 6.07) is 8.58. The third-order valence-electron chi connectivity index (χ3n) is 5.09. The summed E-state index contributed by atoms with van der Waals surface area (Å²) in [4.78, 5) is 22.9. The molecule has 1 unspecified atom stereocenters. The second kappa shape index (κ2) is 11.4. The average Bonchev–Trinajstić information content (AvgIpc) is 2.88. The third kappa shape index (κ3) is 7.29. The van der Waals surface area contributed by atoms with E-state index in [0.29, 0.717) is 12.1 Å². The summed E-state index contributed by atoms with van der Waals surface area (Å²) in [6.07, 6.45) is -20.8. The second-order valence-corrected chi connectivity index (χ2v) is 7.92. The van der Waals surface area contributed by atoms with Crippen molar-refractivity contribution < 1.29 is 63.4 Å². The summed E-state index contributed by atoms with van der Waals surface area (Å²) < 4.78 is 131. The van der Waals surface area contributed by atoms with E-state index in [1.54, 1.807) is 0 Å². The highest BCUT2D eigenvalue weighted by molar-refractivity contribution is 6.05. The maximum absolute atomic E-state index is 13.8. The van der Waals surface area contributed by atoms with Gasteiger partial charge in [-0.3, -0.25) is 14.9 Å². The van der Waals surface area contributed by atoms with Crippen LogP contribution < -0.4 is 19.5 Å². The quantitative estimate of drug-likeness (QED) is 0.155. The lowest BCUT2D eigenvalue weighted by Gasteiger charge is -2.24. The lowest BCUT2D eigenvalue weighted by Crippen LogP contribution is -2.45. The molecule has 3 rings (SSSR count). The van der Waals surface area contributed by atoms with Crippen molar-refractivity contribution >= 4 is 17.3 Å². The van der Waals surface area contributed by atoms with E-state index in [2.05, 4.69) is 10.1 Å². The van der Waals surface area contributed by atoms with Gasteiger partial charge >= 0.3 is 24.1 Å². The molecular weight excluding hydrogens is 583 g/mol. The highest BCUT2D eigenvalue weighted by Crippen LogP contribution is 2.41. The van der Waals surface area contributed by atoms with Gasteiger partial charge in [0.15, 0.2) is 11.5 Å². The third-order valence-corrected chi connectivity index (χ3v) is 5.09. The Morgan fingerprint density at radius 2 is 1.51 bits per heavy atom. The number of halogens is 9. The van der Waals surface area contributed by atoms with Crippen LogP contribution in [0.3, 0.4) is 0 Å². The summed E-state index contributed by atoms with van der Waals surface area (Å²) in [6.45, 7) is 0. The van der Waals surface area contributed by atoms with Gasteiger partial charge in [-0.2, -0.15) is 35.1 Å². The van der Waals surface area contributed by atoms with Crippen molar-refractivity contribution in [3.05, 3.63) is 81.9 Å². The van der Waals surface area contributed by atoms with Gasteiger partial charge in [-0.05, 0) is 42.5 Å². The van der Waals surface area contributed by atoms with Gasteiger partial charge in [0.1, 0.15) is 5.75 Å². The van der Waals surface area contributed by atoms with Gasteiger partial charge < -0.3 is 19.5 Å². The van der Waals surface area contributed by atoms with E-state index < -0.39 is 63.9 Å². The molecule has 0 aliphatic rings. The largest absolute Gasteiger partial charge is 0.493 e. The molecule has 1 atom stereocenters. The number of hydrogen-bond donors (Lipinski definition) is 1. The first-order chi connectivity index (χ1) is 18.9. The molecule has 0 radical (unpaired) electrons. The van der Waals surface area contributed by atoms with Crippen molar-refractivity contribution in [3.8, 4) is 23.0 Å². The number of nitrogens with one attached hydrogen (secondary N) is 1. The van der Waals surface area contributed by atoms with Crippen molar-refractivity contribution in [2.45, 2.75) is 24.6 Å². The molecule has 0 aliphatic carbocycles. The van der Waals surface area contributed by atoms with Crippen LogP contribution in [0.4, 0.5) is 50.9 Å². The normalized spacial score (nSPS) is 12.8. The van der Waals surface area contributed by atoms with Crippen molar-refractivity contribution in [2.24, 2.45) is 0 Å². The van der Waals surface area contributed by atoms with Gasteiger partial charge in [0.25, 0.3) is 12.1 Å². The summed E-state index contributed by atoms with van der Waals surface area (Å²) in [7, 11) is 1.09. The monoisotopic (exact) mass is 598 g/mol. The number of alkyl halides is 9. The molecular formula is C24H15F9N2O6. The second-order valence-electron chi connectivity index (χ2n) is 7.92. The van der Waals surface area contributed by atoms with Crippen molar-refractivity contribution in [3.63, 3.8) is 0 Å². The summed E-state index contributed by atoms with van der Waals surface area (Å²) in [5.41, 5.74) is -3.17. The molecule has 0 bridgehead atoms. The number of carbonyl (C=O) groups is 1. The molecule has 220 valence electrons. The minimum Gasteiger partial charge on any atom is -0.493 e. The van der Waals surface area contributed by atoms with E-state index in [0.717, 1.165) is 43.5 Å². The SMILES string of the molecule is COc1cc(C(=O)Nc2ccccc2OC(F)(F)C(F)C(F)(F)F)ccc1Oc1ccc(C(F)(F)F)cc1[N+](=O)[O-]. The Hall–Kier alpha value is -4.70. The predicted octanol–water partition coefficient (Wildman–Crippen LogP) is 7.54. The van der Waals surface area contributed by atoms with Crippen molar-refractivity contribution in [2.75, 3.05) is 12.4 Å². The molecule has 1 N–H and O–H groups in total. The molecule has 3 aromatic rings. The Kier molecular flexibility index (Phi) is 8.59. The molecule has 0 fully saturated rings. The van der Waals surface area contributed by atoms with Gasteiger partial charge in [0.05, 0.1) is 23.3 Å². The summed E-state index contributed by atoms with van der Waals surface area (Å²) >= 11 is 0. The van der Waals surface area contributed by atoms with Crippen LogP contribution in [-0.4, -0.2) is 36.4 Å². The van der Waals surface area contributed by atoms with Crippen LogP contribution in [0.1, 0.15) is 15.9 Å². The molecule has 0 aliphatic heterocycles. The van der Waals surface area contributed by atoms with Gasteiger partial charge in [-0.25, -0.2) is 4.39 Å².